The molecule has 1 aliphatic rings. The van der Waals surface area contributed by atoms with Crippen LogP contribution in [0, 0.1) is 6.92 Å². The van der Waals surface area contributed by atoms with Gasteiger partial charge in [0.15, 0.2) is 0 Å². The molecule has 0 saturated heterocycles. The van der Waals surface area contributed by atoms with Crippen LogP contribution in [0.15, 0.2) is 69.9 Å². The molecule has 5 rings (SSSR count). The summed E-state index contributed by atoms with van der Waals surface area (Å²) >= 11 is 6.02. The van der Waals surface area contributed by atoms with E-state index in [0.29, 0.717) is 29.4 Å². The van der Waals surface area contributed by atoms with Gasteiger partial charge in [-0.25, -0.2) is 4.79 Å². The van der Waals surface area contributed by atoms with E-state index in [9.17, 15) is 4.79 Å². The smallest absolute Gasteiger partial charge is 0.344 e. The van der Waals surface area contributed by atoms with Crippen molar-refractivity contribution in [3.63, 3.8) is 0 Å². The maximum atomic E-state index is 13.0. The molecule has 0 N–H and O–H groups in total. The number of hydrogen-bond donors (Lipinski definition) is 0. The number of benzene rings is 3. The molecule has 0 unspecified atom stereocenters. The molecule has 0 saturated carbocycles. The molecule has 1 aliphatic heterocycles. The fourth-order valence-corrected chi connectivity index (χ4v) is 4.47. The zero-order valence-electron chi connectivity index (χ0n) is 18.6. The second-order valence-electron chi connectivity index (χ2n) is 8.24. The average molecular weight is 462 g/mol. The van der Waals surface area contributed by atoms with Crippen LogP contribution in [0.5, 0.6) is 11.5 Å². The van der Waals surface area contributed by atoms with Crippen LogP contribution < -0.4 is 15.1 Å². The second-order valence-corrected chi connectivity index (χ2v) is 8.68. The second kappa shape index (κ2) is 8.93. The number of rotatable bonds is 5. The van der Waals surface area contributed by atoms with Crippen molar-refractivity contribution in [1.82, 2.24) is 4.90 Å². The van der Waals surface area contributed by atoms with Gasteiger partial charge < -0.3 is 13.9 Å². The Labute approximate surface area is 197 Å². The first-order valence-electron chi connectivity index (χ1n) is 10.9. The van der Waals surface area contributed by atoms with E-state index in [1.54, 1.807) is 19.2 Å². The molecular weight excluding hydrogens is 438 g/mol. The highest BCUT2D eigenvalue weighted by Gasteiger charge is 2.23. The molecule has 0 atom stereocenters. The van der Waals surface area contributed by atoms with E-state index in [1.165, 1.54) is 5.56 Å². The lowest BCUT2D eigenvalue weighted by Crippen LogP contribution is -2.33. The third-order valence-corrected chi connectivity index (χ3v) is 6.44. The summed E-state index contributed by atoms with van der Waals surface area (Å²) in [4.78, 5) is 15.2. The van der Waals surface area contributed by atoms with Gasteiger partial charge in [-0.15, -0.1) is 0 Å². The zero-order chi connectivity index (χ0) is 22.9. The van der Waals surface area contributed by atoms with Crippen LogP contribution >= 0.6 is 11.6 Å². The summed E-state index contributed by atoms with van der Waals surface area (Å²) in [7, 11) is 1.67. The number of ether oxygens (including phenoxy) is 2. The van der Waals surface area contributed by atoms with E-state index in [-0.39, 0.29) is 5.63 Å². The standard InChI is InChI=1S/C27H24ClNO4/c1-17-22-11-12-24-23(26(22)33-27(30)25(17)19-5-7-20(28)8-6-19)15-29(16-32-24)14-13-18-3-9-21(31-2)10-4-18/h3-12H,13-16H2,1-2H3. The molecule has 3 aromatic carbocycles. The average Bonchev–Trinajstić information content (AvgIpc) is 2.84. The van der Waals surface area contributed by atoms with Crippen LogP contribution in [0.1, 0.15) is 16.7 Å². The van der Waals surface area contributed by atoms with E-state index in [1.807, 2.05) is 43.3 Å². The number of nitrogens with zero attached hydrogens (tertiary/aromatic N) is 1. The minimum absolute atomic E-state index is 0.355. The van der Waals surface area contributed by atoms with Gasteiger partial charge in [0.25, 0.3) is 0 Å². The van der Waals surface area contributed by atoms with E-state index in [4.69, 9.17) is 25.5 Å². The summed E-state index contributed by atoms with van der Waals surface area (Å²) < 4.78 is 17.1. The highest BCUT2D eigenvalue weighted by atomic mass is 35.5. The van der Waals surface area contributed by atoms with E-state index in [0.717, 1.165) is 46.5 Å². The number of methoxy groups -OCH3 is 1. The Kier molecular flexibility index (Phi) is 5.83. The summed E-state index contributed by atoms with van der Waals surface area (Å²) in [6, 6.07) is 19.3. The van der Waals surface area contributed by atoms with Gasteiger partial charge >= 0.3 is 5.63 Å². The van der Waals surface area contributed by atoms with Crippen LogP contribution in [-0.2, 0) is 13.0 Å². The molecule has 0 fully saturated rings. The van der Waals surface area contributed by atoms with Gasteiger partial charge in [-0.1, -0.05) is 35.9 Å². The molecule has 2 heterocycles. The lowest BCUT2D eigenvalue weighted by Gasteiger charge is -2.29. The topological polar surface area (TPSA) is 51.9 Å². The predicted octanol–water partition coefficient (Wildman–Crippen LogP) is 5.83. The van der Waals surface area contributed by atoms with Crippen molar-refractivity contribution in [1.29, 1.82) is 0 Å². The summed E-state index contributed by atoms with van der Waals surface area (Å²) in [5, 5.41) is 1.54. The highest BCUT2D eigenvalue weighted by molar-refractivity contribution is 6.30. The lowest BCUT2D eigenvalue weighted by molar-refractivity contribution is 0.0968. The summed E-state index contributed by atoms with van der Waals surface area (Å²) in [5.41, 5.74) is 4.63. The van der Waals surface area contributed by atoms with Crippen LogP contribution in [0.2, 0.25) is 5.02 Å². The fourth-order valence-electron chi connectivity index (χ4n) is 4.34. The minimum Gasteiger partial charge on any atom is -0.497 e. The highest BCUT2D eigenvalue weighted by Crippen LogP contribution is 2.35. The molecule has 0 bridgehead atoms. The normalized spacial score (nSPS) is 13.5. The van der Waals surface area contributed by atoms with E-state index >= 15 is 0 Å². The summed E-state index contributed by atoms with van der Waals surface area (Å²) in [5.74, 6) is 1.62. The molecule has 168 valence electrons. The Morgan fingerprint density at radius 1 is 1.03 bits per heavy atom. The molecule has 4 aromatic rings. The quantitative estimate of drug-likeness (QED) is 0.350. The molecule has 5 nitrogen and oxygen atoms in total. The maximum absolute atomic E-state index is 13.0. The van der Waals surface area contributed by atoms with Crippen LogP contribution in [0.4, 0.5) is 0 Å². The predicted molar refractivity (Wildman–Crippen MR) is 130 cm³/mol. The van der Waals surface area contributed by atoms with Crippen molar-refractivity contribution < 1.29 is 13.9 Å². The Bertz CT molecular complexity index is 1360. The third kappa shape index (κ3) is 4.22. The van der Waals surface area contributed by atoms with Gasteiger partial charge in [-0.3, -0.25) is 4.90 Å². The monoisotopic (exact) mass is 461 g/mol. The Balaban J connectivity index is 1.44. The van der Waals surface area contributed by atoms with Crippen molar-refractivity contribution in [2.75, 3.05) is 20.4 Å². The van der Waals surface area contributed by atoms with E-state index < -0.39 is 0 Å². The van der Waals surface area contributed by atoms with Gasteiger partial charge in [0.2, 0.25) is 0 Å². The van der Waals surface area contributed by atoms with E-state index in [2.05, 4.69) is 17.0 Å². The van der Waals surface area contributed by atoms with Gasteiger partial charge in [-0.2, -0.15) is 0 Å². The first kappa shape index (κ1) is 21.6. The van der Waals surface area contributed by atoms with Gasteiger partial charge in [0.1, 0.15) is 23.8 Å². The first-order valence-corrected chi connectivity index (χ1v) is 11.2. The molecular formula is C27H24ClNO4. The number of halogens is 1. The summed E-state index contributed by atoms with van der Waals surface area (Å²) in [6.45, 7) is 3.95. The number of fused-ring (bicyclic) bond motifs is 3. The molecule has 0 radical (unpaired) electrons. The Morgan fingerprint density at radius 3 is 2.52 bits per heavy atom. The fraction of sp³-hybridized carbons (Fsp3) is 0.222. The lowest BCUT2D eigenvalue weighted by atomic mass is 9.97. The van der Waals surface area contributed by atoms with Crippen molar-refractivity contribution in [3.8, 4) is 22.6 Å². The summed E-state index contributed by atoms with van der Waals surface area (Å²) in [6.07, 6.45) is 0.886. The van der Waals surface area contributed by atoms with Gasteiger partial charge in [0, 0.05) is 23.5 Å². The SMILES string of the molecule is COc1ccc(CCN2COc3ccc4c(C)c(-c5ccc(Cl)cc5)c(=O)oc4c3C2)cc1. The molecule has 0 amide bonds. The van der Waals surface area contributed by atoms with Crippen molar-refractivity contribution in [2.24, 2.45) is 0 Å². The van der Waals surface area contributed by atoms with Crippen molar-refractivity contribution in [2.45, 2.75) is 19.9 Å². The van der Waals surface area contributed by atoms with Gasteiger partial charge in [0.05, 0.1) is 18.2 Å². The molecule has 1 aromatic heterocycles. The van der Waals surface area contributed by atoms with Crippen LogP contribution in [0.25, 0.3) is 22.1 Å². The first-order chi connectivity index (χ1) is 16.0. The van der Waals surface area contributed by atoms with Crippen LogP contribution in [0.3, 0.4) is 0 Å². The van der Waals surface area contributed by atoms with Crippen molar-refractivity contribution >= 4 is 22.6 Å². The van der Waals surface area contributed by atoms with Crippen molar-refractivity contribution in [3.05, 3.63) is 92.8 Å². The molecule has 33 heavy (non-hydrogen) atoms. The molecule has 6 heteroatoms. The zero-order valence-corrected chi connectivity index (χ0v) is 19.3. The third-order valence-electron chi connectivity index (χ3n) is 6.19. The Morgan fingerprint density at radius 2 is 1.79 bits per heavy atom. The number of aryl methyl sites for hydroxylation is 1. The Hall–Kier alpha value is -3.28. The molecule has 0 aliphatic carbocycles. The molecule has 0 spiro atoms. The maximum Gasteiger partial charge on any atom is 0.344 e. The van der Waals surface area contributed by atoms with Gasteiger partial charge in [-0.05, 0) is 66.4 Å². The largest absolute Gasteiger partial charge is 0.497 e. The van der Waals surface area contributed by atoms with Crippen LogP contribution in [-0.4, -0.2) is 25.3 Å². The number of hydrogen-bond acceptors (Lipinski definition) is 5. The minimum atomic E-state index is -0.355.